The number of hydrogen-bond acceptors (Lipinski definition) is 4. The van der Waals surface area contributed by atoms with Gasteiger partial charge in [0.15, 0.2) is 0 Å². The molecule has 188 valence electrons. The first-order chi connectivity index (χ1) is 16.8. The number of alkyl carbamates (subject to hydrolysis) is 1. The first-order valence-corrected chi connectivity index (χ1v) is 12.4. The van der Waals surface area contributed by atoms with Crippen molar-refractivity contribution in [2.45, 2.75) is 58.4 Å². The maximum absolute atomic E-state index is 12.4. The number of rotatable bonds is 12. The Morgan fingerprint density at radius 2 is 1.57 bits per heavy atom. The van der Waals surface area contributed by atoms with Crippen molar-refractivity contribution in [2.24, 2.45) is 11.8 Å². The third-order valence-corrected chi connectivity index (χ3v) is 6.69. The Labute approximate surface area is 207 Å². The minimum absolute atomic E-state index is 0.0166. The molecule has 1 aliphatic carbocycles. The van der Waals surface area contributed by atoms with Gasteiger partial charge in [-0.25, -0.2) is 4.79 Å². The van der Waals surface area contributed by atoms with Crippen molar-refractivity contribution in [3.8, 4) is 11.1 Å². The molecule has 7 nitrogen and oxygen atoms in total. The Balaban J connectivity index is 1.38. The third kappa shape index (κ3) is 7.31. The summed E-state index contributed by atoms with van der Waals surface area (Å²) >= 11 is 0. The summed E-state index contributed by atoms with van der Waals surface area (Å²) < 4.78 is 5.58. The van der Waals surface area contributed by atoms with Crippen molar-refractivity contribution in [1.29, 1.82) is 0 Å². The van der Waals surface area contributed by atoms with E-state index in [1.165, 1.54) is 22.3 Å². The summed E-state index contributed by atoms with van der Waals surface area (Å²) in [6.07, 6.45) is 1.16. The molecule has 0 radical (unpaired) electrons. The first kappa shape index (κ1) is 26.3. The zero-order chi connectivity index (χ0) is 25.4. The number of ether oxygens (including phenoxy) is 1. The molecule has 35 heavy (non-hydrogen) atoms. The van der Waals surface area contributed by atoms with Gasteiger partial charge in [-0.3, -0.25) is 9.59 Å². The Morgan fingerprint density at radius 1 is 0.971 bits per heavy atom. The summed E-state index contributed by atoms with van der Waals surface area (Å²) in [5.41, 5.74) is 4.71. The van der Waals surface area contributed by atoms with Gasteiger partial charge >= 0.3 is 12.1 Å². The van der Waals surface area contributed by atoms with E-state index in [2.05, 4.69) is 34.9 Å². The van der Waals surface area contributed by atoms with E-state index in [-0.39, 0.29) is 42.7 Å². The molecule has 0 aliphatic heterocycles. The van der Waals surface area contributed by atoms with Crippen molar-refractivity contribution in [3.05, 3.63) is 59.7 Å². The number of benzene rings is 2. The van der Waals surface area contributed by atoms with Crippen LogP contribution in [0.1, 0.15) is 63.5 Å². The molecule has 3 N–H and O–H groups in total. The minimum Gasteiger partial charge on any atom is -0.481 e. The van der Waals surface area contributed by atoms with Crippen LogP contribution in [0.5, 0.6) is 0 Å². The average molecular weight is 481 g/mol. The maximum Gasteiger partial charge on any atom is 0.407 e. The number of amides is 2. The monoisotopic (exact) mass is 480 g/mol. The summed E-state index contributed by atoms with van der Waals surface area (Å²) in [6.45, 7) is 6.42. The highest BCUT2D eigenvalue weighted by atomic mass is 16.5. The molecule has 2 atom stereocenters. The highest BCUT2D eigenvalue weighted by Crippen LogP contribution is 2.44. The second-order valence-electron chi connectivity index (χ2n) is 9.67. The third-order valence-electron chi connectivity index (χ3n) is 6.69. The van der Waals surface area contributed by atoms with Gasteiger partial charge in [0, 0.05) is 24.9 Å². The molecule has 2 unspecified atom stereocenters. The van der Waals surface area contributed by atoms with Crippen molar-refractivity contribution in [3.63, 3.8) is 0 Å². The standard InChI is InChI=1S/C28H36N2O5/c1-18(2)20(15-27(32)33)16-29-26(31)14-8-9-19(3)30-28(34)35-17-25-23-12-6-4-10-21(23)22-11-5-7-13-24(22)25/h4-7,10-13,18-20,25H,8-9,14-17H2,1-3H3,(H,29,31)(H,30,34)(H,32,33). The number of carbonyl (C=O) groups is 3. The lowest BCUT2D eigenvalue weighted by Gasteiger charge is -2.19. The summed E-state index contributed by atoms with van der Waals surface area (Å²) in [7, 11) is 0. The van der Waals surface area contributed by atoms with Crippen molar-refractivity contribution < 1.29 is 24.2 Å². The minimum atomic E-state index is -0.855. The lowest BCUT2D eigenvalue weighted by molar-refractivity contribution is -0.138. The number of fused-ring (bicyclic) bond motifs is 3. The van der Waals surface area contributed by atoms with Crippen LogP contribution < -0.4 is 10.6 Å². The van der Waals surface area contributed by atoms with Crippen LogP contribution in [0.2, 0.25) is 0 Å². The molecule has 2 aromatic rings. The quantitative estimate of drug-likeness (QED) is 0.399. The molecule has 7 heteroatoms. The number of carbonyl (C=O) groups excluding carboxylic acids is 2. The van der Waals surface area contributed by atoms with Gasteiger partial charge in [-0.05, 0) is 53.9 Å². The molecule has 0 bridgehead atoms. The van der Waals surface area contributed by atoms with E-state index in [9.17, 15) is 14.4 Å². The van der Waals surface area contributed by atoms with Gasteiger partial charge in [-0.2, -0.15) is 0 Å². The van der Waals surface area contributed by atoms with Gasteiger partial charge in [0.1, 0.15) is 6.61 Å². The Kier molecular flexibility index (Phi) is 9.29. The highest BCUT2D eigenvalue weighted by Gasteiger charge is 2.29. The average Bonchev–Trinajstić information content (AvgIpc) is 3.13. The molecule has 0 heterocycles. The first-order valence-electron chi connectivity index (χ1n) is 12.4. The fraction of sp³-hybridized carbons (Fsp3) is 0.464. The molecule has 0 saturated heterocycles. The number of hydrogen-bond donors (Lipinski definition) is 3. The fourth-order valence-corrected chi connectivity index (χ4v) is 4.58. The van der Waals surface area contributed by atoms with Crippen molar-refractivity contribution >= 4 is 18.0 Å². The van der Waals surface area contributed by atoms with Crippen LogP contribution in [0.4, 0.5) is 4.79 Å². The van der Waals surface area contributed by atoms with Crippen LogP contribution in [0, 0.1) is 11.8 Å². The number of nitrogens with one attached hydrogen (secondary N) is 2. The predicted molar refractivity (Wildman–Crippen MR) is 135 cm³/mol. The highest BCUT2D eigenvalue weighted by molar-refractivity contribution is 5.79. The van der Waals surface area contributed by atoms with E-state index < -0.39 is 12.1 Å². The molecular formula is C28H36N2O5. The van der Waals surface area contributed by atoms with Gasteiger partial charge < -0.3 is 20.5 Å². The molecule has 1 aliphatic rings. The number of carboxylic acids is 1. The Hall–Kier alpha value is -3.35. The second kappa shape index (κ2) is 12.4. The van der Waals surface area contributed by atoms with Crippen LogP contribution in [-0.2, 0) is 14.3 Å². The van der Waals surface area contributed by atoms with Crippen LogP contribution in [0.25, 0.3) is 11.1 Å². The van der Waals surface area contributed by atoms with Crippen LogP contribution in [0.15, 0.2) is 48.5 Å². The maximum atomic E-state index is 12.4. The summed E-state index contributed by atoms with van der Waals surface area (Å²) in [4.78, 5) is 35.5. The molecule has 0 spiro atoms. The van der Waals surface area contributed by atoms with Crippen molar-refractivity contribution in [2.75, 3.05) is 13.2 Å². The zero-order valence-corrected chi connectivity index (χ0v) is 20.8. The van der Waals surface area contributed by atoms with E-state index in [1.807, 2.05) is 45.0 Å². The van der Waals surface area contributed by atoms with E-state index in [1.54, 1.807) is 0 Å². The Bertz CT molecular complexity index is 990. The van der Waals surface area contributed by atoms with E-state index >= 15 is 0 Å². The van der Waals surface area contributed by atoms with E-state index in [0.717, 1.165) is 0 Å². The van der Waals surface area contributed by atoms with Gasteiger partial charge in [-0.1, -0.05) is 62.4 Å². The second-order valence-corrected chi connectivity index (χ2v) is 9.67. The van der Waals surface area contributed by atoms with Gasteiger partial charge in [-0.15, -0.1) is 0 Å². The zero-order valence-electron chi connectivity index (χ0n) is 20.8. The number of aliphatic carboxylic acids is 1. The Morgan fingerprint density at radius 3 is 2.14 bits per heavy atom. The molecule has 0 saturated carbocycles. The molecule has 3 rings (SSSR count). The largest absolute Gasteiger partial charge is 0.481 e. The molecular weight excluding hydrogens is 444 g/mol. The SMILES string of the molecule is CC(CCCC(=O)NCC(CC(=O)O)C(C)C)NC(=O)OCC1c2ccccc2-c2ccccc21. The van der Waals surface area contributed by atoms with Crippen LogP contribution in [0.3, 0.4) is 0 Å². The van der Waals surface area contributed by atoms with Gasteiger partial charge in [0.05, 0.1) is 6.42 Å². The fourth-order valence-electron chi connectivity index (χ4n) is 4.58. The topological polar surface area (TPSA) is 105 Å². The lowest BCUT2D eigenvalue weighted by atomic mass is 9.92. The van der Waals surface area contributed by atoms with Crippen molar-refractivity contribution in [1.82, 2.24) is 10.6 Å². The predicted octanol–water partition coefficient (Wildman–Crippen LogP) is 4.95. The molecule has 0 aromatic heterocycles. The normalized spacial score (nSPS) is 14.1. The van der Waals surface area contributed by atoms with E-state index in [4.69, 9.17) is 9.84 Å². The smallest absolute Gasteiger partial charge is 0.407 e. The lowest BCUT2D eigenvalue weighted by Crippen LogP contribution is -2.35. The summed E-state index contributed by atoms with van der Waals surface area (Å²) in [5.74, 6) is -0.859. The summed E-state index contributed by atoms with van der Waals surface area (Å²) in [5, 5.41) is 14.7. The van der Waals surface area contributed by atoms with Gasteiger partial charge in [0.2, 0.25) is 5.91 Å². The van der Waals surface area contributed by atoms with Crippen LogP contribution >= 0.6 is 0 Å². The van der Waals surface area contributed by atoms with E-state index in [0.29, 0.717) is 25.8 Å². The van der Waals surface area contributed by atoms with Crippen LogP contribution in [-0.4, -0.2) is 42.3 Å². The molecule has 0 fully saturated rings. The number of carboxylic acid groups (broad SMARTS) is 1. The van der Waals surface area contributed by atoms with Gasteiger partial charge in [0.25, 0.3) is 0 Å². The summed E-state index contributed by atoms with van der Waals surface area (Å²) in [6, 6.07) is 16.3. The molecule has 2 amide bonds. The molecule has 2 aromatic carbocycles.